The highest BCUT2D eigenvalue weighted by molar-refractivity contribution is 6.60. The van der Waals surface area contributed by atoms with E-state index in [9.17, 15) is 4.39 Å². The summed E-state index contributed by atoms with van der Waals surface area (Å²) in [4.78, 5) is 0. The van der Waals surface area contributed by atoms with E-state index in [4.69, 9.17) is 11.5 Å². The predicted molar refractivity (Wildman–Crippen MR) is 123 cm³/mol. The van der Waals surface area contributed by atoms with Crippen LogP contribution in [0.25, 0.3) is 11.3 Å². The third kappa shape index (κ3) is 4.31. The third-order valence-corrected chi connectivity index (χ3v) is 6.15. The smallest absolute Gasteiger partial charge is 0.171 e. The summed E-state index contributed by atoms with van der Waals surface area (Å²) in [5.74, 6) is -0.0699. The maximum Gasteiger partial charge on any atom is 0.171 e. The lowest BCUT2D eigenvalue weighted by Crippen LogP contribution is -2.48. The predicted octanol–water partition coefficient (Wildman–Crippen LogP) is 4.10. The van der Waals surface area contributed by atoms with E-state index in [1.807, 2.05) is 6.07 Å². The van der Waals surface area contributed by atoms with Crippen LogP contribution in [0.1, 0.15) is 47.2 Å². The Morgan fingerprint density at radius 2 is 2.00 bits per heavy atom. The first-order valence-electron chi connectivity index (χ1n) is 10.3. The third-order valence-electron chi connectivity index (χ3n) is 6.15. The summed E-state index contributed by atoms with van der Waals surface area (Å²) in [5, 5.41) is 3.59. The van der Waals surface area contributed by atoms with Gasteiger partial charge in [0.2, 0.25) is 0 Å². The minimum absolute atomic E-state index is 0.140. The van der Waals surface area contributed by atoms with Crippen LogP contribution in [0.3, 0.4) is 0 Å². The highest BCUT2D eigenvalue weighted by Crippen LogP contribution is 2.30. The number of nitrogens with one attached hydrogen (secondary N) is 1. The van der Waals surface area contributed by atoms with Crippen LogP contribution in [0.4, 0.5) is 4.39 Å². The molecule has 0 spiro atoms. The van der Waals surface area contributed by atoms with Gasteiger partial charge in [0.25, 0.3) is 0 Å². The van der Waals surface area contributed by atoms with E-state index >= 15 is 0 Å². The molecule has 1 aliphatic rings. The Balaban J connectivity index is 1.86. The fourth-order valence-electron chi connectivity index (χ4n) is 4.46. The average molecular weight is 391 g/mol. The minimum atomic E-state index is -0.319. The Morgan fingerprint density at radius 1 is 1.24 bits per heavy atom. The Hall–Kier alpha value is -2.37. The lowest BCUT2D eigenvalue weighted by molar-refractivity contribution is 0.605. The van der Waals surface area contributed by atoms with Crippen LogP contribution in [0.2, 0.25) is 6.32 Å². The Morgan fingerprint density at radius 3 is 2.62 bits per heavy atom. The fourth-order valence-corrected chi connectivity index (χ4v) is 4.46. The van der Waals surface area contributed by atoms with Crippen molar-refractivity contribution in [1.82, 2.24) is 5.32 Å². The largest absolute Gasteiger partial charge is 0.389 e. The van der Waals surface area contributed by atoms with Gasteiger partial charge in [-0.1, -0.05) is 50.2 Å². The van der Waals surface area contributed by atoms with Crippen molar-refractivity contribution < 1.29 is 4.39 Å². The van der Waals surface area contributed by atoms with E-state index in [0.717, 1.165) is 41.5 Å². The zero-order valence-electron chi connectivity index (χ0n) is 17.5. The van der Waals surface area contributed by atoms with E-state index in [-0.39, 0.29) is 24.8 Å². The molecule has 2 aromatic carbocycles. The van der Waals surface area contributed by atoms with Crippen molar-refractivity contribution in [1.29, 1.82) is 0 Å². The van der Waals surface area contributed by atoms with E-state index in [2.05, 4.69) is 50.5 Å². The Labute approximate surface area is 174 Å². The SMILES string of the molecule is C=C(NC1Cc2cccc(C(=C)C)c2CB1CC)c1cc(F)c(CN)c(CN)c1. The van der Waals surface area contributed by atoms with Crippen LogP contribution in [0.15, 0.2) is 43.5 Å². The van der Waals surface area contributed by atoms with E-state index in [0.29, 0.717) is 12.3 Å². The van der Waals surface area contributed by atoms with Gasteiger partial charge < -0.3 is 16.8 Å². The van der Waals surface area contributed by atoms with Gasteiger partial charge in [-0.3, -0.25) is 0 Å². The first-order chi connectivity index (χ1) is 13.9. The molecular weight excluding hydrogens is 360 g/mol. The quantitative estimate of drug-likeness (QED) is 0.623. The second-order valence-electron chi connectivity index (χ2n) is 8.03. The van der Waals surface area contributed by atoms with Crippen molar-refractivity contribution in [3.05, 3.63) is 82.7 Å². The van der Waals surface area contributed by atoms with Crippen molar-refractivity contribution in [2.24, 2.45) is 11.5 Å². The molecule has 0 aliphatic carbocycles. The molecule has 5 N–H and O–H groups in total. The van der Waals surface area contributed by atoms with Crippen molar-refractivity contribution >= 4 is 18.0 Å². The molecule has 5 heteroatoms. The van der Waals surface area contributed by atoms with E-state index in [1.54, 1.807) is 0 Å². The zero-order valence-corrected chi connectivity index (χ0v) is 17.5. The molecule has 1 heterocycles. The van der Waals surface area contributed by atoms with E-state index in [1.165, 1.54) is 22.8 Å². The number of allylic oxidation sites excluding steroid dienone is 1. The molecule has 152 valence electrons. The summed E-state index contributed by atoms with van der Waals surface area (Å²) in [7, 11) is 0. The number of rotatable bonds is 7. The molecule has 0 fully saturated rings. The van der Waals surface area contributed by atoms with Crippen LogP contribution in [-0.2, 0) is 25.8 Å². The van der Waals surface area contributed by atoms with Gasteiger partial charge >= 0.3 is 0 Å². The van der Waals surface area contributed by atoms with Gasteiger partial charge in [-0.2, -0.15) is 0 Å². The second kappa shape index (κ2) is 8.97. The summed E-state index contributed by atoms with van der Waals surface area (Å²) in [6, 6.07) is 9.88. The normalized spacial score (nSPS) is 15.8. The highest BCUT2D eigenvalue weighted by atomic mass is 19.1. The summed E-state index contributed by atoms with van der Waals surface area (Å²) >= 11 is 0. The number of nitrogens with two attached hydrogens (primary N) is 2. The van der Waals surface area contributed by atoms with Crippen LogP contribution in [0.5, 0.6) is 0 Å². The number of hydrogen-bond acceptors (Lipinski definition) is 3. The molecule has 0 radical (unpaired) electrons. The zero-order chi connectivity index (χ0) is 21.1. The lowest BCUT2D eigenvalue weighted by atomic mass is 9.36. The average Bonchev–Trinajstić information content (AvgIpc) is 2.71. The summed E-state index contributed by atoms with van der Waals surface area (Å²) < 4.78 is 14.5. The molecule has 0 aromatic heterocycles. The standard InChI is InChI=1S/C24H31BFN3/c1-5-25-12-21-17(7-6-8-20(21)15(2)3)11-24(25)29-16(4)18-9-19(13-27)22(14-28)23(26)10-18/h6-10,24,29H,2,4-5,11-14,27-28H2,1,3H3. The molecule has 1 aliphatic heterocycles. The van der Waals surface area contributed by atoms with Crippen molar-refractivity contribution in [2.45, 2.75) is 51.9 Å². The van der Waals surface area contributed by atoms with Gasteiger partial charge in [0.05, 0.1) is 0 Å². The molecule has 3 rings (SSSR count). The van der Waals surface area contributed by atoms with E-state index < -0.39 is 0 Å². The topological polar surface area (TPSA) is 64.1 Å². The van der Waals surface area contributed by atoms with Crippen LogP contribution < -0.4 is 16.8 Å². The van der Waals surface area contributed by atoms with Crippen molar-refractivity contribution in [2.75, 3.05) is 0 Å². The summed E-state index contributed by atoms with van der Waals surface area (Å²) in [5.41, 5.74) is 19.3. The second-order valence-corrected chi connectivity index (χ2v) is 8.03. The van der Waals surface area contributed by atoms with Crippen molar-refractivity contribution in [3.63, 3.8) is 0 Å². The summed E-state index contributed by atoms with van der Waals surface area (Å²) in [6.45, 7) is 13.5. The first-order valence-corrected chi connectivity index (χ1v) is 10.3. The number of fused-ring (bicyclic) bond motifs is 1. The van der Waals surface area contributed by atoms with Gasteiger partial charge in [-0.05, 0) is 54.1 Å². The molecular formula is C24H31BFN3. The maximum absolute atomic E-state index is 14.5. The molecule has 3 nitrogen and oxygen atoms in total. The van der Waals surface area contributed by atoms with Crippen LogP contribution in [-0.4, -0.2) is 12.7 Å². The number of benzene rings is 2. The van der Waals surface area contributed by atoms with Crippen LogP contribution in [0, 0.1) is 5.82 Å². The Bertz CT molecular complexity index is 938. The monoisotopic (exact) mass is 391 g/mol. The first kappa shape index (κ1) is 21.3. The molecule has 2 aromatic rings. The number of hydrogen-bond donors (Lipinski definition) is 3. The molecule has 1 unspecified atom stereocenters. The highest BCUT2D eigenvalue weighted by Gasteiger charge is 2.31. The van der Waals surface area contributed by atoms with Gasteiger partial charge in [0, 0.05) is 35.9 Å². The minimum Gasteiger partial charge on any atom is -0.389 e. The summed E-state index contributed by atoms with van der Waals surface area (Å²) in [6.07, 6.45) is 2.98. The molecule has 1 atom stereocenters. The Kier molecular flexibility index (Phi) is 6.61. The van der Waals surface area contributed by atoms with Crippen LogP contribution >= 0.6 is 0 Å². The molecule has 0 saturated heterocycles. The molecule has 0 bridgehead atoms. The molecule has 0 saturated carbocycles. The van der Waals surface area contributed by atoms with Gasteiger partial charge in [0.15, 0.2) is 6.71 Å². The number of halogens is 1. The fraction of sp³-hybridized carbons (Fsp3) is 0.333. The lowest BCUT2D eigenvalue weighted by Gasteiger charge is -2.34. The van der Waals surface area contributed by atoms with Crippen molar-refractivity contribution in [3.8, 4) is 0 Å². The van der Waals surface area contributed by atoms with Gasteiger partial charge in [-0.15, -0.1) is 0 Å². The maximum atomic E-state index is 14.5. The molecule has 0 amide bonds. The van der Waals surface area contributed by atoms with Gasteiger partial charge in [0.1, 0.15) is 5.82 Å². The molecule has 29 heavy (non-hydrogen) atoms. The van der Waals surface area contributed by atoms with Gasteiger partial charge in [-0.25, -0.2) is 4.39 Å².